The Labute approximate surface area is 132 Å². The van der Waals surface area contributed by atoms with Gasteiger partial charge < -0.3 is 19.5 Å². The molecule has 128 valence electrons. The molecule has 1 amide bonds. The van der Waals surface area contributed by atoms with Crippen LogP contribution in [0, 0.1) is 0 Å². The van der Waals surface area contributed by atoms with E-state index < -0.39 is 17.7 Å². The molecule has 3 unspecified atom stereocenters. The van der Waals surface area contributed by atoms with Crippen molar-refractivity contribution in [3.8, 4) is 0 Å². The highest BCUT2D eigenvalue weighted by Gasteiger charge is 2.33. The number of methoxy groups -OCH3 is 1. The highest BCUT2D eigenvalue weighted by Crippen LogP contribution is 2.14. The van der Waals surface area contributed by atoms with E-state index in [1.54, 1.807) is 20.8 Å². The molecule has 1 aliphatic heterocycles. The van der Waals surface area contributed by atoms with Crippen LogP contribution in [0.2, 0.25) is 0 Å². The lowest BCUT2D eigenvalue weighted by Gasteiger charge is -2.38. The molecule has 1 rings (SSSR count). The van der Waals surface area contributed by atoms with Crippen LogP contribution in [0.15, 0.2) is 0 Å². The van der Waals surface area contributed by atoms with Crippen molar-refractivity contribution in [3.63, 3.8) is 0 Å². The molecule has 0 aromatic heterocycles. The third-order valence-corrected chi connectivity index (χ3v) is 3.20. The molecule has 0 radical (unpaired) electrons. The quantitative estimate of drug-likeness (QED) is 0.784. The summed E-state index contributed by atoms with van der Waals surface area (Å²) in [5.74, 6) is -0.377. The Morgan fingerprint density at radius 3 is 2.27 bits per heavy atom. The first-order valence-corrected chi connectivity index (χ1v) is 7.56. The molecule has 3 atom stereocenters. The summed E-state index contributed by atoms with van der Waals surface area (Å²) in [5, 5.41) is 2.64. The number of hydrogen-bond acceptors (Lipinski definition) is 6. The number of ether oxygens (including phenoxy) is 3. The fourth-order valence-electron chi connectivity index (χ4n) is 2.46. The van der Waals surface area contributed by atoms with E-state index in [9.17, 15) is 9.59 Å². The highest BCUT2D eigenvalue weighted by molar-refractivity contribution is 5.77. The van der Waals surface area contributed by atoms with E-state index in [1.165, 1.54) is 7.11 Å². The molecular formula is C15H28N2O5. The SMILES string of the molecule is COC(=O)C(CNC(=O)OC(C)(C)C)N1CC(C)OC(C)C1. The largest absolute Gasteiger partial charge is 0.468 e. The van der Waals surface area contributed by atoms with Gasteiger partial charge in [-0.15, -0.1) is 0 Å². The Bertz CT molecular complexity index is 384. The Morgan fingerprint density at radius 2 is 1.82 bits per heavy atom. The maximum absolute atomic E-state index is 12.0. The average molecular weight is 316 g/mol. The van der Waals surface area contributed by atoms with Gasteiger partial charge >= 0.3 is 12.1 Å². The van der Waals surface area contributed by atoms with Crippen LogP contribution >= 0.6 is 0 Å². The molecule has 1 N–H and O–H groups in total. The van der Waals surface area contributed by atoms with Crippen LogP contribution in [0.5, 0.6) is 0 Å². The van der Waals surface area contributed by atoms with Crippen molar-refractivity contribution >= 4 is 12.1 Å². The number of amides is 1. The molecule has 0 aliphatic carbocycles. The van der Waals surface area contributed by atoms with Gasteiger partial charge in [0.2, 0.25) is 0 Å². The predicted molar refractivity (Wildman–Crippen MR) is 81.6 cm³/mol. The highest BCUT2D eigenvalue weighted by atomic mass is 16.6. The van der Waals surface area contributed by atoms with Gasteiger partial charge in [-0.3, -0.25) is 9.69 Å². The van der Waals surface area contributed by atoms with Crippen LogP contribution in [-0.2, 0) is 19.0 Å². The fraction of sp³-hybridized carbons (Fsp3) is 0.867. The topological polar surface area (TPSA) is 77.1 Å². The number of esters is 1. The summed E-state index contributed by atoms with van der Waals surface area (Å²) < 4.78 is 15.7. The smallest absolute Gasteiger partial charge is 0.407 e. The third kappa shape index (κ3) is 6.19. The second-order valence-electron chi connectivity index (χ2n) is 6.63. The number of carbonyl (C=O) groups is 2. The second-order valence-corrected chi connectivity index (χ2v) is 6.63. The van der Waals surface area contributed by atoms with Crippen LogP contribution < -0.4 is 5.32 Å². The van der Waals surface area contributed by atoms with E-state index in [0.717, 1.165) is 0 Å². The van der Waals surface area contributed by atoms with Crippen molar-refractivity contribution in [2.24, 2.45) is 0 Å². The zero-order valence-corrected chi connectivity index (χ0v) is 14.3. The number of rotatable bonds is 4. The van der Waals surface area contributed by atoms with Crippen LogP contribution in [-0.4, -0.2) is 67.6 Å². The lowest BCUT2D eigenvalue weighted by molar-refractivity contribution is -0.152. The lowest BCUT2D eigenvalue weighted by atomic mass is 10.1. The Morgan fingerprint density at radius 1 is 1.27 bits per heavy atom. The molecule has 1 fully saturated rings. The number of alkyl carbamates (subject to hydrolysis) is 1. The molecule has 1 aliphatic rings. The van der Waals surface area contributed by atoms with Gasteiger partial charge in [-0.1, -0.05) is 0 Å². The summed E-state index contributed by atoms with van der Waals surface area (Å²) in [5.41, 5.74) is -0.577. The van der Waals surface area contributed by atoms with Gasteiger partial charge in [-0.25, -0.2) is 4.79 Å². The number of morpholine rings is 1. The minimum Gasteiger partial charge on any atom is -0.468 e. The van der Waals surface area contributed by atoms with Gasteiger partial charge in [-0.05, 0) is 34.6 Å². The summed E-state index contributed by atoms with van der Waals surface area (Å²) in [4.78, 5) is 25.8. The van der Waals surface area contributed by atoms with E-state index in [1.807, 2.05) is 18.7 Å². The minimum atomic E-state index is -0.577. The van der Waals surface area contributed by atoms with Crippen LogP contribution in [0.25, 0.3) is 0 Å². The predicted octanol–water partition coefficient (Wildman–Crippen LogP) is 1.16. The number of nitrogens with zero attached hydrogens (tertiary/aromatic N) is 1. The first-order valence-electron chi connectivity index (χ1n) is 7.56. The molecule has 0 bridgehead atoms. The minimum absolute atomic E-state index is 0.0254. The normalized spacial score (nSPS) is 24.5. The van der Waals surface area contributed by atoms with Crippen molar-refractivity contribution in [1.82, 2.24) is 10.2 Å². The standard InChI is InChI=1S/C15H28N2O5/c1-10-8-17(9-11(2)21-10)12(13(18)20-6)7-16-14(19)22-15(3,4)5/h10-12H,7-9H2,1-6H3,(H,16,19). The molecule has 1 saturated heterocycles. The number of nitrogens with one attached hydrogen (secondary N) is 1. The van der Waals surface area contributed by atoms with Gasteiger partial charge in [0, 0.05) is 19.6 Å². The van der Waals surface area contributed by atoms with Gasteiger partial charge in [0.25, 0.3) is 0 Å². The summed E-state index contributed by atoms with van der Waals surface area (Å²) in [6.07, 6.45) is -0.495. The average Bonchev–Trinajstić information content (AvgIpc) is 2.35. The Balaban J connectivity index is 2.65. The molecule has 7 heteroatoms. The molecule has 0 aromatic carbocycles. The van der Waals surface area contributed by atoms with Crippen LogP contribution in [0.1, 0.15) is 34.6 Å². The Kier molecular flexibility index (Phi) is 6.62. The van der Waals surface area contributed by atoms with Crippen molar-refractivity contribution in [2.75, 3.05) is 26.7 Å². The zero-order valence-electron chi connectivity index (χ0n) is 14.3. The van der Waals surface area contributed by atoms with Gasteiger partial charge in [-0.2, -0.15) is 0 Å². The van der Waals surface area contributed by atoms with Crippen molar-refractivity contribution < 1.29 is 23.8 Å². The summed E-state index contributed by atoms with van der Waals surface area (Å²) in [7, 11) is 1.34. The van der Waals surface area contributed by atoms with Crippen molar-refractivity contribution in [1.29, 1.82) is 0 Å². The van der Waals surface area contributed by atoms with Gasteiger partial charge in [0.05, 0.1) is 19.3 Å². The van der Waals surface area contributed by atoms with Gasteiger partial charge in [0.1, 0.15) is 11.6 Å². The first-order chi connectivity index (χ1) is 10.1. The number of hydrogen-bond donors (Lipinski definition) is 1. The molecular weight excluding hydrogens is 288 g/mol. The summed E-state index contributed by atoms with van der Waals surface area (Å²) in [6.45, 7) is 10.6. The van der Waals surface area contributed by atoms with E-state index in [0.29, 0.717) is 13.1 Å². The maximum Gasteiger partial charge on any atom is 0.407 e. The van der Waals surface area contributed by atoms with E-state index >= 15 is 0 Å². The van der Waals surface area contributed by atoms with E-state index in [4.69, 9.17) is 14.2 Å². The van der Waals surface area contributed by atoms with E-state index in [2.05, 4.69) is 5.32 Å². The monoisotopic (exact) mass is 316 g/mol. The molecule has 1 heterocycles. The Hall–Kier alpha value is -1.34. The molecule has 0 saturated carbocycles. The summed E-state index contributed by atoms with van der Waals surface area (Å²) >= 11 is 0. The first kappa shape index (κ1) is 18.7. The molecule has 7 nitrogen and oxygen atoms in total. The zero-order chi connectivity index (χ0) is 16.9. The molecule has 0 spiro atoms. The number of carbonyl (C=O) groups excluding carboxylic acids is 2. The van der Waals surface area contributed by atoms with Gasteiger partial charge in [0.15, 0.2) is 0 Å². The fourth-order valence-corrected chi connectivity index (χ4v) is 2.46. The molecule has 0 aromatic rings. The van der Waals surface area contributed by atoms with Crippen molar-refractivity contribution in [3.05, 3.63) is 0 Å². The van der Waals surface area contributed by atoms with Crippen LogP contribution in [0.4, 0.5) is 4.79 Å². The van der Waals surface area contributed by atoms with E-state index in [-0.39, 0.29) is 24.7 Å². The molecule has 22 heavy (non-hydrogen) atoms. The van der Waals surface area contributed by atoms with Crippen molar-refractivity contribution in [2.45, 2.75) is 58.5 Å². The lowest BCUT2D eigenvalue weighted by Crippen LogP contribution is -2.56. The second kappa shape index (κ2) is 7.78. The third-order valence-electron chi connectivity index (χ3n) is 3.20. The van der Waals surface area contributed by atoms with Crippen LogP contribution in [0.3, 0.4) is 0 Å². The summed E-state index contributed by atoms with van der Waals surface area (Å²) in [6, 6.07) is -0.550. The maximum atomic E-state index is 12.0.